The first-order valence-corrected chi connectivity index (χ1v) is 8.04. The second-order valence-corrected chi connectivity index (χ2v) is 5.79. The number of rotatable bonds is 6. The molecule has 0 atom stereocenters. The summed E-state index contributed by atoms with van der Waals surface area (Å²) in [4.78, 5) is 6.27. The molecule has 0 aliphatic carbocycles. The second-order valence-electron chi connectivity index (χ2n) is 5.35. The predicted molar refractivity (Wildman–Crippen MR) is 95.5 cm³/mol. The maximum atomic E-state index is 5.94. The zero-order valence-corrected chi connectivity index (χ0v) is 15.2. The molecule has 0 amide bonds. The van der Waals surface area contributed by atoms with E-state index in [2.05, 4.69) is 20.5 Å². The van der Waals surface area contributed by atoms with E-state index < -0.39 is 0 Å². The number of aryl methyl sites for hydroxylation is 1. The van der Waals surface area contributed by atoms with Crippen molar-refractivity contribution >= 4 is 17.6 Å². The maximum Gasteiger partial charge on any atom is 0.193 e. The van der Waals surface area contributed by atoms with Crippen molar-refractivity contribution in [1.82, 2.24) is 25.0 Å². The average Bonchev–Trinajstić information content (AvgIpc) is 2.87. The van der Waals surface area contributed by atoms with Crippen molar-refractivity contribution in [3.05, 3.63) is 40.9 Å². The first-order chi connectivity index (χ1) is 11.5. The number of guanidine groups is 1. The van der Waals surface area contributed by atoms with E-state index in [0.29, 0.717) is 24.7 Å². The molecule has 1 aromatic heterocycles. The zero-order chi connectivity index (χ0) is 17.5. The van der Waals surface area contributed by atoms with E-state index in [9.17, 15) is 0 Å². The fourth-order valence-electron chi connectivity index (χ4n) is 2.11. The van der Waals surface area contributed by atoms with Crippen LogP contribution in [0.5, 0.6) is 5.75 Å². The van der Waals surface area contributed by atoms with Gasteiger partial charge in [-0.25, -0.2) is 0 Å². The third-order valence-electron chi connectivity index (χ3n) is 3.65. The van der Waals surface area contributed by atoms with Crippen LogP contribution in [0.15, 0.2) is 29.3 Å². The van der Waals surface area contributed by atoms with Gasteiger partial charge >= 0.3 is 0 Å². The lowest BCUT2D eigenvalue weighted by Gasteiger charge is -2.22. The largest absolute Gasteiger partial charge is 0.492 e. The topological polar surface area (TPSA) is 67.6 Å². The summed E-state index contributed by atoms with van der Waals surface area (Å²) in [6.07, 6.45) is 0. The van der Waals surface area contributed by atoms with E-state index in [1.165, 1.54) is 0 Å². The molecule has 0 bridgehead atoms. The molecule has 1 N–H and O–H groups in total. The number of likely N-dealkylation sites (N-methyl/N-ethyl adjacent to an activating group) is 1. The minimum Gasteiger partial charge on any atom is -0.492 e. The van der Waals surface area contributed by atoms with Gasteiger partial charge in [-0.3, -0.25) is 4.99 Å². The smallest absolute Gasteiger partial charge is 0.193 e. The lowest BCUT2D eigenvalue weighted by molar-refractivity contribution is 0.281. The van der Waals surface area contributed by atoms with Gasteiger partial charge in [0.2, 0.25) is 0 Å². The summed E-state index contributed by atoms with van der Waals surface area (Å²) >= 11 is 5.94. The molecule has 0 unspecified atom stereocenters. The van der Waals surface area contributed by atoms with Crippen LogP contribution in [0.3, 0.4) is 0 Å². The molecule has 7 nitrogen and oxygen atoms in total. The van der Waals surface area contributed by atoms with Crippen LogP contribution >= 0.6 is 11.6 Å². The molecule has 0 saturated carbocycles. The molecule has 0 spiro atoms. The van der Waals surface area contributed by atoms with Gasteiger partial charge in [0.25, 0.3) is 0 Å². The molecule has 0 radical (unpaired) electrons. The molecule has 2 rings (SSSR count). The highest BCUT2D eigenvalue weighted by atomic mass is 35.5. The molecular weight excluding hydrogens is 328 g/mol. The Hall–Kier alpha value is -2.28. The first kappa shape index (κ1) is 18.1. The van der Waals surface area contributed by atoms with Gasteiger partial charge in [-0.1, -0.05) is 17.7 Å². The van der Waals surface area contributed by atoms with Crippen molar-refractivity contribution in [2.45, 2.75) is 13.5 Å². The summed E-state index contributed by atoms with van der Waals surface area (Å²) in [7, 11) is 5.65. The molecule has 0 saturated heterocycles. The molecule has 0 fully saturated rings. The number of nitrogens with one attached hydrogen (secondary N) is 1. The summed E-state index contributed by atoms with van der Waals surface area (Å²) in [6.45, 7) is 3.69. The second kappa shape index (κ2) is 8.54. The Morgan fingerprint density at radius 3 is 2.83 bits per heavy atom. The summed E-state index contributed by atoms with van der Waals surface area (Å²) in [6, 6.07) is 7.37. The minimum atomic E-state index is 0.528. The molecule has 0 aliphatic rings. The van der Waals surface area contributed by atoms with E-state index in [1.807, 2.05) is 48.7 Å². The number of benzene rings is 1. The van der Waals surface area contributed by atoms with Gasteiger partial charge in [-0.2, -0.15) is 0 Å². The van der Waals surface area contributed by atoms with Crippen LogP contribution in [0.1, 0.15) is 11.6 Å². The van der Waals surface area contributed by atoms with Crippen molar-refractivity contribution in [2.75, 3.05) is 27.2 Å². The Bertz CT molecular complexity index is 700. The Balaban J connectivity index is 1.81. The molecule has 0 aliphatic heterocycles. The quantitative estimate of drug-likeness (QED) is 0.636. The molecule has 8 heteroatoms. The summed E-state index contributed by atoms with van der Waals surface area (Å²) in [5.41, 5.74) is 0. The third kappa shape index (κ3) is 4.86. The van der Waals surface area contributed by atoms with Crippen molar-refractivity contribution in [3.63, 3.8) is 0 Å². The fraction of sp³-hybridized carbons (Fsp3) is 0.438. The molecule has 1 heterocycles. The number of halogens is 1. The van der Waals surface area contributed by atoms with Crippen molar-refractivity contribution < 1.29 is 4.74 Å². The van der Waals surface area contributed by atoms with Crippen molar-refractivity contribution in [1.29, 1.82) is 0 Å². The number of aromatic nitrogens is 3. The monoisotopic (exact) mass is 350 g/mol. The SMILES string of the molecule is CN=C(NCc1nnc(C)n1C)N(C)CCOc1cccc(Cl)c1. The Labute approximate surface area is 147 Å². The standard InChI is InChI=1S/C16H23ClN6O/c1-12-20-21-15(23(12)4)11-19-16(18-2)22(3)8-9-24-14-7-5-6-13(17)10-14/h5-7,10H,8-9,11H2,1-4H3,(H,18,19). The van der Waals surface area contributed by atoms with Gasteiger partial charge in [0, 0.05) is 26.2 Å². The van der Waals surface area contributed by atoms with Gasteiger partial charge in [0.15, 0.2) is 11.8 Å². The van der Waals surface area contributed by atoms with Gasteiger partial charge in [0.05, 0.1) is 13.1 Å². The van der Waals surface area contributed by atoms with Crippen LogP contribution < -0.4 is 10.1 Å². The lowest BCUT2D eigenvalue weighted by atomic mass is 10.3. The first-order valence-electron chi connectivity index (χ1n) is 7.66. The average molecular weight is 351 g/mol. The maximum absolute atomic E-state index is 5.94. The Kier molecular flexibility index (Phi) is 6.43. The summed E-state index contributed by atoms with van der Waals surface area (Å²) < 4.78 is 7.65. The number of hydrogen-bond donors (Lipinski definition) is 1. The van der Waals surface area contributed by atoms with Crippen LogP contribution in [-0.4, -0.2) is 52.9 Å². The molecule has 1 aromatic carbocycles. The van der Waals surface area contributed by atoms with Gasteiger partial charge in [-0.15, -0.1) is 10.2 Å². The van der Waals surface area contributed by atoms with Gasteiger partial charge in [0.1, 0.15) is 18.2 Å². The molecular formula is C16H23ClN6O. The van der Waals surface area contributed by atoms with Crippen LogP contribution in [0.25, 0.3) is 0 Å². The summed E-state index contributed by atoms with van der Waals surface area (Å²) in [5, 5.41) is 12.1. The van der Waals surface area contributed by atoms with Crippen molar-refractivity contribution in [2.24, 2.45) is 12.0 Å². The summed E-state index contributed by atoms with van der Waals surface area (Å²) in [5.74, 6) is 3.26. The minimum absolute atomic E-state index is 0.528. The Morgan fingerprint density at radius 1 is 1.42 bits per heavy atom. The van der Waals surface area contributed by atoms with E-state index in [0.717, 1.165) is 23.4 Å². The number of nitrogens with zero attached hydrogens (tertiary/aromatic N) is 5. The van der Waals surface area contributed by atoms with E-state index in [4.69, 9.17) is 16.3 Å². The lowest BCUT2D eigenvalue weighted by Crippen LogP contribution is -2.40. The van der Waals surface area contributed by atoms with Crippen LogP contribution in [0.2, 0.25) is 5.02 Å². The van der Waals surface area contributed by atoms with E-state index >= 15 is 0 Å². The highest BCUT2D eigenvalue weighted by Crippen LogP contribution is 2.16. The fourth-order valence-corrected chi connectivity index (χ4v) is 2.29. The number of hydrogen-bond acceptors (Lipinski definition) is 4. The number of ether oxygens (including phenoxy) is 1. The van der Waals surface area contributed by atoms with Gasteiger partial charge < -0.3 is 19.5 Å². The van der Waals surface area contributed by atoms with E-state index in [1.54, 1.807) is 13.1 Å². The molecule has 2 aromatic rings. The molecule has 130 valence electrons. The van der Waals surface area contributed by atoms with Crippen LogP contribution in [0, 0.1) is 6.92 Å². The highest BCUT2D eigenvalue weighted by molar-refractivity contribution is 6.30. The highest BCUT2D eigenvalue weighted by Gasteiger charge is 2.09. The zero-order valence-electron chi connectivity index (χ0n) is 14.5. The van der Waals surface area contributed by atoms with Crippen LogP contribution in [0.4, 0.5) is 0 Å². The normalized spacial score (nSPS) is 11.5. The molecule has 24 heavy (non-hydrogen) atoms. The number of aliphatic imine (C=N–C) groups is 1. The Morgan fingerprint density at radius 2 is 2.21 bits per heavy atom. The van der Waals surface area contributed by atoms with Gasteiger partial charge in [-0.05, 0) is 25.1 Å². The predicted octanol–water partition coefficient (Wildman–Crippen LogP) is 1.86. The van der Waals surface area contributed by atoms with Crippen molar-refractivity contribution in [3.8, 4) is 5.75 Å². The van der Waals surface area contributed by atoms with Crippen LogP contribution in [-0.2, 0) is 13.6 Å². The third-order valence-corrected chi connectivity index (χ3v) is 3.89. The van der Waals surface area contributed by atoms with E-state index in [-0.39, 0.29) is 0 Å².